The van der Waals surface area contributed by atoms with Gasteiger partial charge in [-0.2, -0.15) is 4.99 Å². The standard InChI is InChI=1S/C14H16F3N5O/c15-14(16,17)23-11-5-3-10(4-6-11)9-20-12(18)21-13(19)22-7-1-2-8-22/h1-6H,7-9H2,(H4,18,19,20,21). The second kappa shape index (κ2) is 7.03. The maximum Gasteiger partial charge on any atom is 0.573 e. The van der Waals surface area contributed by atoms with Crippen molar-refractivity contribution < 1.29 is 17.9 Å². The Bertz CT molecular complexity index is 614. The van der Waals surface area contributed by atoms with Crippen LogP contribution in [0.25, 0.3) is 0 Å². The lowest BCUT2D eigenvalue weighted by Crippen LogP contribution is -2.36. The van der Waals surface area contributed by atoms with Gasteiger partial charge >= 0.3 is 6.36 Å². The number of rotatable bonds is 3. The Morgan fingerprint density at radius 2 is 1.74 bits per heavy atom. The van der Waals surface area contributed by atoms with E-state index in [1.807, 2.05) is 17.1 Å². The first-order valence-electron chi connectivity index (χ1n) is 6.72. The molecule has 1 aliphatic rings. The zero-order valence-electron chi connectivity index (χ0n) is 12.1. The third-order valence-corrected chi connectivity index (χ3v) is 2.95. The molecule has 1 aromatic rings. The van der Waals surface area contributed by atoms with Crippen LogP contribution in [-0.4, -0.2) is 36.3 Å². The maximum absolute atomic E-state index is 12.0. The number of hydrogen-bond donors (Lipinski definition) is 2. The summed E-state index contributed by atoms with van der Waals surface area (Å²) in [5.74, 6) is -0.0165. The van der Waals surface area contributed by atoms with Gasteiger partial charge in [-0.05, 0) is 17.7 Å². The van der Waals surface area contributed by atoms with Gasteiger partial charge in [0.2, 0.25) is 5.96 Å². The van der Waals surface area contributed by atoms with Crippen LogP contribution in [0.3, 0.4) is 0 Å². The van der Waals surface area contributed by atoms with E-state index in [9.17, 15) is 13.2 Å². The van der Waals surface area contributed by atoms with E-state index in [0.29, 0.717) is 18.7 Å². The molecule has 0 bridgehead atoms. The molecule has 0 radical (unpaired) electrons. The van der Waals surface area contributed by atoms with Gasteiger partial charge in [-0.15, -0.1) is 13.2 Å². The number of halogens is 3. The molecule has 6 nitrogen and oxygen atoms in total. The van der Waals surface area contributed by atoms with Crippen LogP contribution >= 0.6 is 0 Å². The van der Waals surface area contributed by atoms with Crippen LogP contribution < -0.4 is 16.2 Å². The van der Waals surface area contributed by atoms with Crippen molar-refractivity contribution in [3.63, 3.8) is 0 Å². The van der Waals surface area contributed by atoms with Crippen LogP contribution in [0.2, 0.25) is 0 Å². The monoisotopic (exact) mass is 327 g/mol. The van der Waals surface area contributed by atoms with Gasteiger partial charge in [0, 0.05) is 13.1 Å². The zero-order valence-corrected chi connectivity index (χ0v) is 12.1. The summed E-state index contributed by atoms with van der Waals surface area (Å²) >= 11 is 0. The predicted octanol–water partition coefficient (Wildman–Crippen LogP) is 1.59. The zero-order chi connectivity index (χ0) is 16.9. The highest BCUT2D eigenvalue weighted by atomic mass is 19.4. The fourth-order valence-electron chi connectivity index (χ4n) is 1.86. The van der Waals surface area contributed by atoms with Crippen molar-refractivity contribution in [1.29, 1.82) is 0 Å². The highest BCUT2D eigenvalue weighted by Gasteiger charge is 2.30. The number of guanidine groups is 2. The lowest BCUT2D eigenvalue weighted by Gasteiger charge is -2.15. The van der Waals surface area contributed by atoms with Crippen molar-refractivity contribution >= 4 is 11.9 Å². The van der Waals surface area contributed by atoms with Gasteiger partial charge in [0.1, 0.15) is 5.75 Å². The van der Waals surface area contributed by atoms with E-state index in [1.165, 1.54) is 24.3 Å². The van der Waals surface area contributed by atoms with Crippen LogP contribution in [0.5, 0.6) is 5.75 Å². The molecule has 4 N–H and O–H groups in total. The quantitative estimate of drug-likeness (QED) is 0.501. The molecule has 0 unspecified atom stereocenters. The van der Waals surface area contributed by atoms with Crippen molar-refractivity contribution in [1.82, 2.24) is 4.90 Å². The van der Waals surface area contributed by atoms with E-state index in [0.717, 1.165) is 0 Å². The van der Waals surface area contributed by atoms with Crippen LogP contribution in [0.15, 0.2) is 46.4 Å². The molecule has 0 atom stereocenters. The van der Waals surface area contributed by atoms with Gasteiger partial charge in [0.15, 0.2) is 5.96 Å². The van der Waals surface area contributed by atoms with Gasteiger partial charge in [-0.3, -0.25) is 0 Å². The lowest BCUT2D eigenvalue weighted by molar-refractivity contribution is -0.274. The maximum atomic E-state index is 12.0. The molecule has 0 fully saturated rings. The second-order valence-electron chi connectivity index (χ2n) is 4.71. The van der Waals surface area contributed by atoms with Crippen molar-refractivity contribution in [3.05, 3.63) is 42.0 Å². The van der Waals surface area contributed by atoms with Gasteiger partial charge < -0.3 is 21.1 Å². The molecule has 0 aromatic heterocycles. The van der Waals surface area contributed by atoms with Crippen molar-refractivity contribution in [2.75, 3.05) is 13.1 Å². The Morgan fingerprint density at radius 3 is 2.30 bits per heavy atom. The first-order chi connectivity index (χ1) is 10.8. The van der Waals surface area contributed by atoms with E-state index < -0.39 is 6.36 Å². The number of aliphatic imine (C=N–C) groups is 2. The summed E-state index contributed by atoms with van der Waals surface area (Å²) in [7, 11) is 0. The third-order valence-electron chi connectivity index (χ3n) is 2.95. The summed E-state index contributed by atoms with van der Waals surface area (Å²) in [6.45, 7) is 1.51. The van der Waals surface area contributed by atoms with Crippen molar-refractivity contribution in [3.8, 4) is 5.75 Å². The smallest absolute Gasteiger partial charge is 0.406 e. The third kappa shape index (κ3) is 5.53. The molecule has 1 heterocycles. The Hall–Kier alpha value is -2.71. The van der Waals surface area contributed by atoms with Gasteiger partial charge in [-0.25, -0.2) is 4.99 Å². The number of nitrogens with zero attached hydrogens (tertiary/aromatic N) is 3. The van der Waals surface area contributed by atoms with E-state index >= 15 is 0 Å². The van der Waals surface area contributed by atoms with Gasteiger partial charge in [-0.1, -0.05) is 24.3 Å². The predicted molar refractivity (Wildman–Crippen MR) is 80.8 cm³/mol. The normalized spacial score (nSPS) is 16.0. The summed E-state index contributed by atoms with van der Waals surface area (Å²) in [4.78, 5) is 9.81. The van der Waals surface area contributed by atoms with Crippen molar-refractivity contribution in [2.24, 2.45) is 21.5 Å². The topological polar surface area (TPSA) is 89.2 Å². The summed E-state index contributed by atoms with van der Waals surface area (Å²) < 4.78 is 39.9. The van der Waals surface area contributed by atoms with Gasteiger partial charge in [0.05, 0.1) is 6.54 Å². The van der Waals surface area contributed by atoms with Gasteiger partial charge in [0.25, 0.3) is 0 Å². The van der Waals surface area contributed by atoms with Crippen LogP contribution in [0.4, 0.5) is 13.2 Å². The first kappa shape index (κ1) is 16.7. The molecule has 0 aliphatic carbocycles. The summed E-state index contributed by atoms with van der Waals surface area (Å²) in [5.41, 5.74) is 12.1. The lowest BCUT2D eigenvalue weighted by atomic mass is 10.2. The largest absolute Gasteiger partial charge is 0.573 e. The number of alkyl halides is 3. The highest BCUT2D eigenvalue weighted by Crippen LogP contribution is 2.22. The second-order valence-corrected chi connectivity index (χ2v) is 4.71. The molecule has 0 amide bonds. The Morgan fingerprint density at radius 1 is 1.13 bits per heavy atom. The van der Waals surface area contributed by atoms with E-state index in [2.05, 4.69) is 14.7 Å². The van der Waals surface area contributed by atoms with Crippen molar-refractivity contribution in [2.45, 2.75) is 12.9 Å². The average Bonchev–Trinajstić information content (AvgIpc) is 2.99. The molecule has 23 heavy (non-hydrogen) atoms. The summed E-state index contributed by atoms with van der Waals surface area (Å²) in [6, 6.07) is 5.36. The summed E-state index contributed by atoms with van der Waals surface area (Å²) in [6.07, 6.45) is -0.790. The number of hydrogen-bond acceptors (Lipinski definition) is 2. The Labute approximate surface area is 130 Å². The van der Waals surface area contributed by atoms with Crippen LogP contribution in [0, 0.1) is 0 Å². The molecule has 0 saturated carbocycles. The Kier molecular flexibility index (Phi) is 5.09. The molecule has 2 rings (SSSR count). The molecule has 124 valence electrons. The molecular weight excluding hydrogens is 311 g/mol. The molecule has 1 aliphatic heterocycles. The van der Waals surface area contributed by atoms with E-state index in [4.69, 9.17) is 11.5 Å². The van der Waals surface area contributed by atoms with Crippen LogP contribution in [0.1, 0.15) is 5.56 Å². The van der Waals surface area contributed by atoms with Crippen LogP contribution in [-0.2, 0) is 6.54 Å². The minimum absolute atomic E-state index is 0.00465. The molecule has 9 heteroatoms. The Balaban J connectivity index is 1.92. The molecule has 0 spiro atoms. The minimum atomic E-state index is -4.71. The fourth-order valence-corrected chi connectivity index (χ4v) is 1.86. The summed E-state index contributed by atoms with van der Waals surface area (Å²) in [5, 5.41) is 0. The van der Waals surface area contributed by atoms with E-state index in [-0.39, 0.29) is 24.2 Å². The van der Waals surface area contributed by atoms with E-state index in [1.54, 1.807) is 0 Å². The highest BCUT2D eigenvalue weighted by molar-refractivity contribution is 5.93. The molecular formula is C14H16F3N5O. The molecule has 0 saturated heterocycles. The minimum Gasteiger partial charge on any atom is -0.406 e. The number of ether oxygens (including phenoxy) is 1. The first-order valence-corrected chi connectivity index (χ1v) is 6.72. The molecule has 1 aromatic carbocycles. The average molecular weight is 327 g/mol. The SMILES string of the molecule is NC(=NCc1ccc(OC(F)(F)F)cc1)N=C(N)N1CC=CC1. The number of nitrogens with two attached hydrogens (primary N) is 2. The fraction of sp³-hybridized carbons (Fsp3) is 0.286. The number of benzene rings is 1.